The van der Waals surface area contributed by atoms with E-state index in [1.165, 1.54) is 19.2 Å². The van der Waals surface area contributed by atoms with Gasteiger partial charge in [-0.3, -0.25) is 9.52 Å². The van der Waals surface area contributed by atoms with Crippen LogP contribution in [-0.4, -0.2) is 53.5 Å². The number of halogens is 1. The van der Waals surface area contributed by atoms with E-state index in [1.54, 1.807) is 55.4 Å². The molecule has 0 heterocycles. The van der Waals surface area contributed by atoms with Gasteiger partial charge in [-0.05, 0) is 49.5 Å². The first-order chi connectivity index (χ1) is 12.4. The highest BCUT2D eigenvalue weighted by atomic mass is 35.5. The number of rotatable bonds is 8. The number of carbonyl (C=O) groups excluding carboxylic acids is 1. The molecule has 0 aliphatic carbocycles. The number of ether oxygens (including phenoxy) is 1. The van der Waals surface area contributed by atoms with Gasteiger partial charge in [0.05, 0.1) is 12.0 Å². The van der Waals surface area contributed by atoms with Gasteiger partial charge in [-0.15, -0.1) is 12.4 Å². The molecule has 2 aromatic carbocycles. The van der Waals surface area contributed by atoms with E-state index < -0.39 is 10.0 Å². The molecule has 0 unspecified atom stereocenters. The van der Waals surface area contributed by atoms with E-state index in [2.05, 4.69) is 10.0 Å². The minimum Gasteiger partial charge on any atom is -0.497 e. The molecule has 9 heteroatoms. The monoisotopic (exact) mass is 413 g/mol. The molecular weight excluding hydrogens is 390 g/mol. The summed E-state index contributed by atoms with van der Waals surface area (Å²) in [5, 5.41) is 2.97. The van der Waals surface area contributed by atoms with Crippen molar-refractivity contribution in [3.63, 3.8) is 0 Å². The van der Waals surface area contributed by atoms with Crippen LogP contribution in [0.3, 0.4) is 0 Å². The van der Waals surface area contributed by atoms with Crippen LogP contribution < -0.4 is 14.8 Å². The largest absolute Gasteiger partial charge is 0.497 e. The van der Waals surface area contributed by atoms with E-state index in [1.807, 2.05) is 0 Å². The van der Waals surface area contributed by atoms with Gasteiger partial charge >= 0.3 is 0 Å². The molecule has 1 amide bonds. The number of methoxy groups -OCH3 is 1. The van der Waals surface area contributed by atoms with Crippen LogP contribution in [0.5, 0.6) is 5.75 Å². The Kier molecular flexibility index (Phi) is 8.55. The summed E-state index contributed by atoms with van der Waals surface area (Å²) in [7, 11) is 1.21. The fraction of sp³-hybridized carbons (Fsp3) is 0.278. The summed E-state index contributed by atoms with van der Waals surface area (Å²) in [5.41, 5.74) is 0.731. The number of anilines is 1. The van der Waals surface area contributed by atoms with Crippen molar-refractivity contribution in [3.05, 3.63) is 54.1 Å². The Labute approximate surface area is 166 Å². The maximum Gasteiger partial charge on any atom is 0.261 e. The molecule has 148 valence electrons. The first-order valence-corrected chi connectivity index (χ1v) is 9.52. The topological polar surface area (TPSA) is 87.7 Å². The Morgan fingerprint density at radius 1 is 1.15 bits per heavy atom. The number of carbonyl (C=O) groups is 1. The fourth-order valence-corrected chi connectivity index (χ4v) is 3.37. The average Bonchev–Trinajstić information content (AvgIpc) is 2.66. The van der Waals surface area contributed by atoms with Crippen LogP contribution in [0.2, 0.25) is 0 Å². The van der Waals surface area contributed by atoms with Crippen molar-refractivity contribution in [2.45, 2.75) is 4.90 Å². The maximum atomic E-state index is 12.6. The molecule has 2 rings (SSSR count). The van der Waals surface area contributed by atoms with Crippen molar-refractivity contribution >= 4 is 34.0 Å². The maximum absolute atomic E-state index is 12.6. The molecule has 0 fully saturated rings. The molecule has 27 heavy (non-hydrogen) atoms. The van der Waals surface area contributed by atoms with E-state index >= 15 is 0 Å². The number of nitrogens with zero attached hydrogens (tertiary/aromatic N) is 1. The first kappa shape index (κ1) is 22.8. The number of hydrogen-bond acceptors (Lipinski definition) is 5. The molecule has 0 spiro atoms. The third kappa shape index (κ3) is 6.13. The summed E-state index contributed by atoms with van der Waals surface area (Å²) in [6.07, 6.45) is 0. The number of sulfonamides is 1. The number of hydrogen-bond donors (Lipinski definition) is 2. The van der Waals surface area contributed by atoms with Crippen LogP contribution in [0.15, 0.2) is 53.4 Å². The summed E-state index contributed by atoms with van der Waals surface area (Å²) >= 11 is 0. The Balaban J connectivity index is 0.00000364. The van der Waals surface area contributed by atoms with E-state index in [-0.39, 0.29) is 23.2 Å². The lowest BCUT2D eigenvalue weighted by Crippen LogP contribution is -2.32. The van der Waals surface area contributed by atoms with Crippen LogP contribution in [-0.2, 0) is 10.0 Å². The zero-order valence-electron chi connectivity index (χ0n) is 15.4. The zero-order chi connectivity index (χ0) is 19.2. The Morgan fingerprint density at radius 2 is 1.81 bits per heavy atom. The summed E-state index contributed by atoms with van der Waals surface area (Å²) in [4.78, 5) is 14.0. The molecule has 0 saturated heterocycles. The van der Waals surface area contributed by atoms with Crippen molar-refractivity contribution in [1.29, 1.82) is 0 Å². The number of nitrogens with one attached hydrogen (secondary N) is 2. The molecule has 2 N–H and O–H groups in total. The van der Waals surface area contributed by atoms with Crippen LogP contribution in [0.1, 0.15) is 10.4 Å². The second-order valence-electron chi connectivity index (χ2n) is 5.69. The van der Waals surface area contributed by atoms with E-state index in [0.717, 1.165) is 0 Å². The van der Waals surface area contributed by atoms with Gasteiger partial charge in [0.25, 0.3) is 15.9 Å². The third-order valence-corrected chi connectivity index (χ3v) is 5.16. The lowest BCUT2D eigenvalue weighted by molar-refractivity contribution is 0.0796. The second kappa shape index (κ2) is 10.1. The molecule has 0 bridgehead atoms. The van der Waals surface area contributed by atoms with Gasteiger partial charge in [-0.1, -0.05) is 6.07 Å². The van der Waals surface area contributed by atoms with Gasteiger partial charge in [0.15, 0.2) is 0 Å². The molecule has 2 aromatic rings. The predicted octanol–water partition coefficient (Wildman–Crippen LogP) is 2.21. The molecule has 0 aliphatic heterocycles. The van der Waals surface area contributed by atoms with Crippen LogP contribution in [0.4, 0.5) is 5.69 Å². The lowest BCUT2D eigenvalue weighted by Gasteiger charge is -2.17. The molecule has 0 aromatic heterocycles. The summed E-state index contributed by atoms with van der Waals surface area (Å²) in [5.74, 6) is 0.395. The summed E-state index contributed by atoms with van der Waals surface area (Å²) < 4.78 is 32.7. The van der Waals surface area contributed by atoms with Crippen molar-refractivity contribution in [2.75, 3.05) is 39.0 Å². The van der Waals surface area contributed by atoms with Gasteiger partial charge in [0, 0.05) is 31.4 Å². The molecule has 0 saturated carbocycles. The summed E-state index contributed by atoms with van der Waals surface area (Å²) in [6.45, 7) is 1.18. The molecule has 0 aliphatic rings. The minimum atomic E-state index is -3.81. The number of likely N-dealkylation sites (N-methyl/N-ethyl adjacent to an activating group) is 2. The fourth-order valence-electron chi connectivity index (χ4n) is 2.27. The Bertz CT molecular complexity index is 857. The van der Waals surface area contributed by atoms with Crippen molar-refractivity contribution < 1.29 is 17.9 Å². The SMILES string of the molecule is CNCCN(C)C(=O)c1cccc(S(=O)(=O)Nc2ccc(OC)cc2)c1.Cl. The lowest BCUT2D eigenvalue weighted by atomic mass is 10.2. The highest BCUT2D eigenvalue weighted by Crippen LogP contribution is 2.20. The number of benzene rings is 2. The van der Waals surface area contributed by atoms with Crippen LogP contribution in [0.25, 0.3) is 0 Å². The normalized spacial score (nSPS) is 10.6. The quantitative estimate of drug-likeness (QED) is 0.692. The summed E-state index contributed by atoms with van der Waals surface area (Å²) in [6, 6.07) is 12.5. The van der Waals surface area contributed by atoms with Gasteiger partial charge in [0.2, 0.25) is 0 Å². The molecule has 7 nitrogen and oxygen atoms in total. The molecular formula is C18H24ClN3O4S. The highest BCUT2D eigenvalue weighted by molar-refractivity contribution is 7.92. The first-order valence-electron chi connectivity index (χ1n) is 8.04. The standard InChI is InChI=1S/C18H23N3O4S.ClH/c1-19-11-12-21(2)18(22)14-5-4-6-17(13-14)26(23,24)20-15-7-9-16(25-3)10-8-15;/h4-10,13,19-20H,11-12H2,1-3H3;1H. The predicted molar refractivity (Wildman–Crippen MR) is 108 cm³/mol. The Hall–Kier alpha value is -2.29. The van der Waals surface area contributed by atoms with Crippen LogP contribution in [0, 0.1) is 0 Å². The van der Waals surface area contributed by atoms with Crippen molar-refractivity contribution in [2.24, 2.45) is 0 Å². The van der Waals surface area contributed by atoms with E-state index in [9.17, 15) is 13.2 Å². The van der Waals surface area contributed by atoms with Crippen molar-refractivity contribution in [3.8, 4) is 5.75 Å². The van der Waals surface area contributed by atoms with Gasteiger partial charge in [0.1, 0.15) is 5.75 Å². The second-order valence-corrected chi connectivity index (χ2v) is 7.37. The van der Waals surface area contributed by atoms with Gasteiger partial charge in [-0.25, -0.2) is 8.42 Å². The highest BCUT2D eigenvalue weighted by Gasteiger charge is 2.18. The van der Waals surface area contributed by atoms with E-state index in [4.69, 9.17) is 4.74 Å². The number of amides is 1. The van der Waals surface area contributed by atoms with Crippen LogP contribution >= 0.6 is 12.4 Å². The zero-order valence-corrected chi connectivity index (χ0v) is 17.1. The Morgan fingerprint density at radius 3 is 2.41 bits per heavy atom. The molecule has 0 radical (unpaired) electrons. The molecule has 0 atom stereocenters. The van der Waals surface area contributed by atoms with E-state index in [0.29, 0.717) is 30.1 Å². The minimum absolute atomic E-state index is 0. The smallest absolute Gasteiger partial charge is 0.261 e. The third-order valence-electron chi connectivity index (χ3n) is 3.78. The average molecular weight is 414 g/mol. The van der Waals surface area contributed by atoms with Gasteiger partial charge < -0.3 is 15.0 Å². The van der Waals surface area contributed by atoms with Gasteiger partial charge in [-0.2, -0.15) is 0 Å². The van der Waals surface area contributed by atoms with Crippen molar-refractivity contribution in [1.82, 2.24) is 10.2 Å².